The number of nitrogens with one attached hydrogen (secondary N) is 7. The highest BCUT2D eigenvalue weighted by Gasteiger charge is 2.59. The molecule has 11 atom stereocenters. The molecule has 5 rings (SSSR count). The quantitative estimate of drug-likeness (QED) is 0.0222. The molecule has 0 aromatic heterocycles. The average molecular weight is 1150 g/mol. The average Bonchev–Trinajstić information content (AvgIpc) is 4.08. The number of hydrogen-bond acceptors (Lipinski definition) is 14. The van der Waals surface area contributed by atoms with Gasteiger partial charge >= 0.3 is 18.2 Å². The molecule has 1 saturated heterocycles. The van der Waals surface area contributed by atoms with E-state index in [0.717, 1.165) is 54.8 Å². The van der Waals surface area contributed by atoms with E-state index in [1.54, 1.807) is 0 Å². The number of carbonyl (C=O) groups excluding carboxylic acids is 7. The molecule has 1 heterocycles. The summed E-state index contributed by atoms with van der Waals surface area (Å²) in [5, 5.41) is 26.7. The summed E-state index contributed by atoms with van der Waals surface area (Å²) in [7, 11) is 0. The number of carbonyl (C=O) groups is 8. The smallest absolute Gasteiger partial charge is 0.407 e. The molecular weight excluding hydrogens is 1050 g/mol. The van der Waals surface area contributed by atoms with Crippen LogP contribution in [0.25, 0.3) is 0 Å². The summed E-state index contributed by atoms with van der Waals surface area (Å²) in [6.07, 6.45) is 15.0. The highest BCUT2D eigenvalue weighted by molar-refractivity contribution is 5.97. The number of nitrogens with two attached hydrogens (primary N) is 2. The minimum absolute atomic E-state index is 0.0190. The van der Waals surface area contributed by atoms with Crippen molar-refractivity contribution >= 4 is 53.7 Å². The van der Waals surface area contributed by atoms with Crippen molar-refractivity contribution in [1.29, 1.82) is 0 Å². The van der Waals surface area contributed by atoms with E-state index in [-0.39, 0.29) is 69.7 Å². The molecular formula is C57H96N10O14. The largest absolute Gasteiger partial charge is 0.481 e. The standard InChI is InChI=1S/C57H96N10O14/c1-36(2)10-8-11-37(3)41-16-17-42-40-15-14-38-32-39(18-20-56(38,4)43(40)19-21-57(41,42)5)81-55(76)62-24-25-77-26-27-78-28-29-79-30-31-80-54(75)61-22-7-6-12-45-52(74)67-44(13-9-23-60-53(58)59)50(72)63-35-48(69)66-46(33-49(70)71)51(73)64-34-47(68)65-45/h14,36-37,39-46H,6-13,15-35H2,1-5H3,(H,61,75)(H,62,76)(H,63,72)(H,64,73)(H,65,68)(H,66,69)(H,67,74)(H,70,71)(H4,58,59,60)/t37?,39?,40?,41?,42?,43?,44-,45-,46-,56?,57?/m0/s1. The number of hydrogen-bond donors (Lipinski definition) is 10. The maximum atomic E-state index is 13.5. The maximum absolute atomic E-state index is 13.5. The Balaban J connectivity index is 0.892. The Morgan fingerprint density at radius 3 is 2.01 bits per heavy atom. The van der Waals surface area contributed by atoms with Gasteiger partial charge in [-0.3, -0.25) is 33.8 Å². The van der Waals surface area contributed by atoms with Crippen LogP contribution in [0.2, 0.25) is 0 Å². The highest BCUT2D eigenvalue weighted by Crippen LogP contribution is 2.67. The Morgan fingerprint density at radius 1 is 0.704 bits per heavy atom. The van der Waals surface area contributed by atoms with Gasteiger partial charge in [0.05, 0.1) is 59.2 Å². The zero-order valence-electron chi connectivity index (χ0n) is 48.7. The predicted molar refractivity (Wildman–Crippen MR) is 301 cm³/mol. The molecule has 3 saturated carbocycles. The van der Waals surface area contributed by atoms with Crippen LogP contribution in [0.5, 0.6) is 0 Å². The van der Waals surface area contributed by atoms with Gasteiger partial charge in [0.25, 0.3) is 0 Å². The molecule has 81 heavy (non-hydrogen) atoms. The third-order valence-corrected chi connectivity index (χ3v) is 17.5. The number of allylic oxidation sites excluding steroid dienone is 1. The number of carboxylic acids is 1. The molecule has 5 aliphatic rings. The minimum atomic E-state index is -1.55. The number of amides is 7. The Morgan fingerprint density at radius 2 is 1.33 bits per heavy atom. The van der Waals surface area contributed by atoms with Crippen LogP contribution in [0.15, 0.2) is 16.6 Å². The van der Waals surface area contributed by atoms with Crippen molar-refractivity contribution in [1.82, 2.24) is 37.2 Å². The number of rotatable bonds is 29. The lowest BCUT2D eigenvalue weighted by atomic mass is 9.47. The van der Waals surface area contributed by atoms with E-state index in [1.165, 1.54) is 56.9 Å². The minimum Gasteiger partial charge on any atom is -0.481 e. The van der Waals surface area contributed by atoms with E-state index >= 15 is 0 Å². The highest BCUT2D eigenvalue weighted by atomic mass is 16.6. The molecule has 24 nitrogen and oxygen atoms in total. The van der Waals surface area contributed by atoms with E-state index < -0.39 is 85.3 Å². The molecule has 4 aliphatic carbocycles. The van der Waals surface area contributed by atoms with Crippen molar-refractivity contribution in [2.45, 2.75) is 168 Å². The Bertz CT molecular complexity index is 2160. The summed E-state index contributed by atoms with van der Waals surface area (Å²) in [6, 6.07) is -3.94. The molecule has 1 aliphatic heterocycles. The van der Waals surface area contributed by atoms with Crippen LogP contribution in [-0.2, 0) is 52.5 Å². The maximum Gasteiger partial charge on any atom is 0.407 e. The van der Waals surface area contributed by atoms with E-state index in [1.807, 2.05) is 0 Å². The van der Waals surface area contributed by atoms with Crippen LogP contribution >= 0.6 is 0 Å². The fraction of sp³-hybridized carbons (Fsp3) is 0.807. The fourth-order valence-corrected chi connectivity index (χ4v) is 13.4. The monoisotopic (exact) mass is 1140 g/mol. The second kappa shape index (κ2) is 33.4. The first-order valence-electron chi connectivity index (χ1n) is 29.7. The summed E-state index contributed by atoms with van der Waals surface area (Å²) in [4.78, 5) is 105. The lowest BCUT2D eigenvalue weighted by Crippen LogP contribution is -2.55. The first-order chi connectivity index (χ1) is 38.7. The Kier molecular flexibility index (Phi) is 27.2. The second-order valence-electron chi connectivity index (χ2n) is 23.7. The summed E-state index contributed by atoms with van der Waals surface area (Å²) in [6.45, 7) is 13.3. The second-order valence-corrected chi connectivity index (χ2v) is 23.7. The molecule has 458 valence electrons. The van der Waals surface area contributed by atoms with Crippen LogP contribution in [0.1, 0.15) is 144 Å². The summed E-state index contributed by atoms with van der Waals surface area (Å²) in [5.74, 6) is -0.958. The van der Waals surface area contributed by atoms with Crippen molar-refractivity contribution < 1.29 is 67.1 Å². The number of fused-ring (bicyclic) bond motifs is 5. The fourth-order valence-electron chi connectivity index (χ4n) is 13.4. The normalized spacial score (nSPS) is 28.3. The summed E-state index contributed by atoms with van der Waals surface area (Å²) in [5.41, 5.74) is 12.9. The lowest BCUT2D eigenvalue weighted by Gasteiger charge is -2.58. The van der Waals surface area contributed by atoms with Gasteiger partial charge in [-0.2, -0.15) is 0 Å². The van der Waals surface area contributed by atoms with E-state index in [0.29, 0.717) is 51.2 Å². The van der Waals surface area contributed by atoms with Gasteiger partial charge in [0, 0.05) is 26.1 Å². The van der Waals surface area contributed by atoms with Crippen LogP contribution in [0.3, 0.4) is 0 Å². The molecule has 0 aromatic rings. The molecule has 8 unspecified atom stereocenters. The van der Waals surface area contributed by atoms with Gasteiger partial charge in [-0.15, -0.1) is 0 Å². The van der Waals surface area contributed by atoms with Gasteiger partial charge in [0.1, 0.15) is 30.8 Å². The van der Waals surface area contributed by atoms with Gasteiger partial charge < -0.3 is 77.5 Å². The molecule has 0 radical (unpaired) electrons. The van der Waals surface area contributed by atoms with Crippen LogP contribution in [0.4, 0.5) is 9.59 Å². The zero-order chi connectivity index (χ0) is 59.0. The molecule has 0 spiro atoms. The van der Waals surface area contributed by atoms with Crippen molar-refractivity contribution in [2.24, 2.45) is 62.8 Å². The molecule has 7 amide bonds. The summed E-state index contributed by atoms with van der Waals surface area (Å²) < 4.78 is 27.8. The lowest BCUT2D eigenvalue weighted by molar-refractivity contribution is -0.140. The molecule has 4 fully saturated rings. The number of carboxylic acid groups (broad SMARTS) is 1. The first-order valence-corrected chi connectivity index (χ1v) is 29.7. The number of aliphatic carboxylic acids is 1. The van der Waals surface area contributed by atoms with Crippen molar-refractivity contribution in [3.05, 3.63) is 11.6 Å². The van der Waals surface area contributed by atoms with Crippen molar-refractivity contribution in [3.63, 3.8) is 0 Å². The third-order valence-electron chi connectivity index (χ3n) is 17.5. The van der Waals surface area contributed by atoms with Crippen LogP contribution in [0, 0.1) is 46.3 Å². The predicted octanol–water partition coefficient (Wildman–Crippen LogP) is 3.30. The first kappa shape index (κ1) is 66.1. The molecule has 0 bridgehead atoms. The van der Waals surface area contributed by atoms with Crippen molar-refractivity contribution in [3.8, 4) is 0 Å². The van der Waals surface area contributed by atoms with Gasteiger partial charge in [-0.1, -0.05) is 65.5 Å². The SMILES string of the molecule is CC(C)CCCC(C)C1CCC2C3CC=C4CC(OC(=O)NCCOCCOCCOCCOC(=O)NCCCC[C@@H]5NC(=O)CNC(=O)[C@H](CC(=O)O)NC(=O)CNC(=O)[C@H](CCCN=C(N)N)NC5=O)CCC4(C)C3CCC12C. The molecule has 12 N–H and O–H groups in total. The number of alkyl carbamates (subject to hydrolysis) is 2. The number of ether oxygens (including phenoxy) is 5. The molecule has 0 aromatic carbocycles. The van der Waals surface area contributed by atoms with Gasteiger partial charge in [-0.05, 0) is 123 Å². The van der Waals surface area contributed by atoms with Gasteiger partial charge in [0.2, 0.25) is 29.5 Å². The van der Waals surface area contributed by atoms with Gasteiger partial charge in [-0.25, -0.2) is 9.59 Å². The van der Waals surface area contributed by atoms with Gasteiger partial charge in [0.15, 0.2) is 5.96 Å². The third kappa shape index (κ3) is 21.2. The number of nitrogens with zero attached hydrogens (tertiary/aromatic N) is 1. The zero-order valence-corrected chi connectivity index (χ0v) is 48.7. The van der Waals surface area contributed by atoms with Crippen molar-refractivity contribution in [2.75, 3.05) is 79.0 Å². The Hall–Kier alpha value is -5.75. The Labute approximate surface area is 478 Å². The van der Waals surface area contributed by atoms with E-state index in [9.17, 15) is 43.5 Å². The van der Waals surface area contributed by atoms with Crippen LogP contribution < -0.4 is 48.7 Å². The summed E-state index contributed by atoms with van der Waals surface area (Å²) >= 11 is 0. The number of unbranched alkanes of at least 4 members (excludes halogenated alkanes) is 1. The number of guanidine groups is 1. The topological polar surface area (TPSA) is 352 Å². The molecule has 24 heteroatoms. The van der Waals surface area contributed by atoms with Crippen LogP contribution in [-0.4, -0.2) is 162 Å². The number of aliphatic imine (C=N–C) groups is 1. The van der Waals surface area contributed by atoms with E-state index in [4.69, 9.17) is 35.2 Å². The van der Waals surface area contributed by atoms with E-state index in [2.05, 4.69) is 82.9 Å².